The monoisotopic (exact) mass is 333 g/mol. The molecule has 0 aromatic rings. The molecule has 0 aromatic carbocycles. The largest absolute Gasteiger partial charge is 0.388 e. The second kappa shape index (κ2) is 7.96. The van der Waals surface area contributed by atoms with E-state index in [1.165, 1.54) is 17.6 Å². The van der Waals surface area contributed by atoms with Gasteiger partial charge in [-0.05, 0) is 36.2 Å². The lowest BCUT2D eigenvalue weighted by Gasteiger charge is -2.27. The van der Waals surface area contributed by atoms with Gasteiger partial charge in [0.15, 0.2) is 0 Å². The number of allylic oxidation sites excluding steroid dienone is 7. The summed E-state index contributed by atoms with van der Waals surface area (Å²) in [6, 6.07) is 0. The highest BCUT2D eigenvalue weighted by atomic mass is 14.9. The summed E-state index contributed by atoms with van der Waals surface area (Å²) in [6.45, 7) is 14.1. The lowest BCUT2D eigenvalue weighted by Crippen LogP contribution is -2.22. The van der Waals surface area contributed by atoms with Gasteiger partial charge in [-0.2, -0.15) is 0 Å². The summed E-state index contributed by atoms with van der Waals surface area (Å²) in [6.07, 6.45) is 15.9. The van der Waals surface area contributed by atoms with E-state index in [0.29, 0.717) is 29.6 Å². The summed E-state index contributed by atoms with van der Waals surface area (Å²) < 4.78 is 0. The van der Waals surface area contributed by atoms with E-state index in [4.69, 9.17) is 0 Å². The minimum absolute atomic E-state index is 0.301. The van der Waals surface area contributed by atoms with Gasteiger partial charge in [0.1, 0.15) is 0 Å². The molecule has 0 saturated carbocycles. The van der Waals surface area contributed by atoms with Gasteiger partial charge in [-0.25, -0.2) is 0 Å². The quantitative estimate of drug-likeness (QED) is 0.506. The van der Waals surface area contributed by atoms with E-state index < -0.39 is 0 Å². The Morgan fingerprint density at radius 2 is 2.16 bits per heavy atom. The number of fused-ring (bicyclic) bond motifs is 4. The molecule has 5 atom stereocenters. The molecule has 0 heterocycles. The van der Waals surface area contributed by atoms with Crippen LogP contribution < -0.4 is 5.32 Å². The molecule has 132 valence electrons. The van der Waals surface area contributed by atoms with Gasteiger partial charge in [-0.15, -0.1) is 0 Å². The lowest BCUT2D eigenvalue weighted by molar-refractivity contribution is 0.422. The van der Waals surface area contributed by atoms with E-state index >= 15 is 0 Å². The molecule has 25 heavy (non-hydrogen) atoms. The molecule has 3 rings (SSSR count). The third-order valence-electron chi connectivity index (χ3n) is 5.83. The highest BCUT2D eigenvalue weighted by Crippen LogP contribution is 2.38. The molecular formula is C24H31N. The second-order valence-corrected chi connectivity index (χ2v) is 7.89. The Hall–Kier alpha value is -1.94. The van der Waals surface area contributed by atoms with Gasteiger partial charge in [-0.3, -0.25) is 0 Å². The van der Waals surface area contributed by atoms with Gasteiger partial charge < -0.3 is 5.32 Å². The Morgan fingerprint density at radius 3 is 2.96 bits per heavy atom. The van der Waals surface area contributed by atoms with Crippen molar-refractivity contribution in [2.24, 2.45) is 29.6 Å². The lowest BCUT2D eigenvalue weighted by atomic mass is 9.77. The number of hydrogen-bond donors (Lipinski definition) is 1. The molecule has 0 amide bonds. The fourth-order valence-corrected chi connectivity index (χ4v) is 3.86. The minimum atomic E-state index is 0.301. The summed E-state index contributed by atoms with van der Waals surface area (Å²) in [4.78, 5) is 0. The van der Waals surface area contributed by atoms with Crippen LogP contribution in [-0.2, 0) is 0 Å². The van der Waals surface area contributed by atoms with Crippen molar-refractivity contribution in [3.05, 3.63) is 60.4 Å². The van der Waals surface area contributed by atoms with Crippen LogP contribution in [0.15, 0.2) is 60.4 Å². The van der Waals surface area contributed by atoms with E-state index in [1.807, 2.05) is 0 Å². The Labute approximate surface area is 153 Å². The molecule has 3 aliphatic rings. The van der Waals surface area contributed by atoms with Crippen LogP contribution in [-0.4, -0.2) is 6.54 Å². The summed E-state index contributed by atoms with van der Waals surface area (Å²) in [5.74, 6) is 9.46. The molecule has 1 nitrogen and oxygen atoms in total. The number of rotatable bonds is 6. The second-order valence-electron chi connectivity index (χ2n) is 7.89. The van der Waals surface area contributed by atoms with Crippen molar-refractivity contribution in [2.75, 3.05) is 6.54 Å². The van der Waals surface area contributed by atoms with E-state index in [0.717, 1.165) is 31.5 Å². The molecule has 0 radical (unpaired) electrons. The van der Waals surface area contributed by atoms with E-state index in [1.54, 1.807) is 0 Å². The molecule has 0 spiro atoms. The first-order valence-electron chi connectivity index (χ1n) is 9.73. The Morgan fingerprint density at radius 1 is 1.32 bits per heavy atom. The van der Waals surface area contributed by atoms with Crippen LogP contribution in [0.3, 0.4) is 0 Å². The molecule has 0 saturated heterocycles. The topological polar surface area (TPSA) is 12.0 Å². The molecule has 0 aromatic heterocycles. The third-order valence-corrected chi connectivity index (χ3v) is 5.83. The van der Waals surface area contributed by atoms with Gasteiger partial charge >= 0.3 is 0 Å². The first-order chi connectivity index (χ1) is 12.1. The summed E-state index contributed by atoms with van der Waals surface area (Å²) in [5, 5.41) is 3.52. The zero-order chi connectivity index (χ0) is 17.8. The molecule has 2 bridgehead atoms. The van der Waals surface area contributed by atoms with Crippen molar-refractivity contribution < 1.29 is 0 Å². The molecule has 5 unspecified atom stereocenters. The standard InChI is InChI=1S/C24H31N/c1-5-17(2)16-25-19(4)14-23-15-22-12-10-20(13-18(23)3)9-11-21-7-6-8-24(21)22/h6-7,9,11,15,17,20-22,24-25H,3-5,8,13-14,16H2,1-2H3/b11-9-,23-15-. The third kappa shape index (κ3) is 4.37. The van der Waals surface area contributed by atoms with Crippen LogP contribution in [0.1, 0.15) is 39.5 Å². The Balaban J connectivity index is 1.76. The summed E-state index contributed by atoms with van der Waals surface area (Å²) in [7, 11) is 0. The zero-order valence-corrected chi connectivity index (χ0v) is 15.7. The van der Waals surface area contributed by atoms with Crippen molar-refractivity contribution in [1.29, 1.82) is 0 Å². The molecule has 1 N–H and O–H groups in total. The van der Waals surface area contributed by atoms with Crippen LogP contribution in [0.4, 0.5) is 0 Å². The minimum Gasteiger partial charge on any atom is -0.388 e. The van der Waals surface area contributed by atoms with Crippen molar-refractivity contribution in [1.82, 2.24) is 5.32 Å². The molecule has 0 aliphatic heterocycles. The normalized spacial score (nSPS) is 34.3. The van der Waals surface area contributed by atoms with Crippen LogP contribution in [0, 0.1) is 41.4 Å². The fraction of sp³-hybridized carbons (Fsp3) is 0.500. The van der Waals surface area contributed by atoms with Gasteiger partial charge in [-0.1, -0.05) is 81.2 Å². The van der Waals surface area contributed by atoms with Crippen LogP contribution >= 0.6 is 0 Å². The average molecular weight is 334 g/mol. The van der Waals surface area contributed by atoms with E-state index in [9.17, 15) is 0 Å². The maximum atomic E-state index is 4.38. The van der Waals surface area contributed by atoms with Gasteiger partial charge in [0.25, 0.3) is 0 Å². The first-order valence-corrected chi connectivity index (χ1v) is 9.73. The highest BCUT2D eigenvalue weighted by molar-refractivity contribution is 5.40. The van der Waals surface area contributed by atoms with E-state index in [2.05, 4.69) is 74.5 Å². The average Bonchev–Trinajstić information content (AvgIpc) is 3.04. The summed E-state index contributed by atoms with van der Waals surface area (Å²) in [5.41, 5.74) is 3.67. The van der Waals surface area contributed by atoms with Crippen molar-refractivity contribution in [3.8, 4) is 11.8 Å². The number of nitrogens with one attached hydrogen (secondary N) is 1. The maximum absolute atomic E-state index is 4.38. The van der Waals surface area contributed by atoms with Gasteiger partial charge in [0.2, 0.25) is 0 Å². The van der Waals surface area contributed by atoms with E-state index in [-0.39, 0.29) is 0 Å². The predicted molar refractivity (Wildman–Crippen MR) is 108 cm³/mol. The van der Waals surface area contributed by atoms with Gasteiger partial charge in [0, 0.05) is 30.5 Å². The van der Waals surface area contributed by atoms with Crippen molar-refractivity contribution in [3.63, 3.8) is 0 Å². The molecule has 0 fully saturated rings. The molecule has 3 aliphatic carbocycles. The van der Waals surface area contributed by atoms with Crippen molar-refractivity contribution in [2.45, 2.75) is 39.5 Å². The Kier molecular flexibility index (Phi) is 5.69. The predicted octanol–water partition coefficient (Wildman–Crippen LogP) is 5.41. The van der Waals surface area contributed by atoms with Crippen LogP contribution in [0.25, 0.3) is 0 Å². The summed E-state index contributed by atoms with van der Waals surface area (Å²) >= 11 is 0. The van der Waals surface area contributed by atoms with Crippen LogP contribution in [0.5, 0.6) is 0 Å². The van der Waals surface area contributed by atoms with Gasteiger partial charge in [0.05, 0.1) is 0 Å². The van der Waals surface area contributed by atoms with Crippen LogP contribution in [0.2, 0.25) is 0 Å². The Bertz CT molecular complexity index is 679. The first kappa shape index (κ1) is 17.9. The maximum Gasteiger partial charge on any atom is 0.0428 e. The molecular weight excluding hydrogens is 302 g/mol. The molecule has 1 heteroatoms. The SMILES string of the molecule is C=C(C/C1=C/C2C#CC(/C=C\C3C=CCC23)CC1=C)NCC(C)CC. The highest BCUT2D eigenvalue weighted by Gasteiger charge is 2.30. The number of hydrogen-bond acceptors (Lipinski definition) is 1. The zero-order valence-electron chi connectivity index (χ0n) is 15.7. The smallest absolute Gasteiger partial charge is 0.0428 e. The van der Waals surface area contributed by atoms with Crippen molar-refractivity contribution >= 4 is 0 Å². The fourth-order valence-electron chi connectivity index (χ4n) is 3.86.